The molecule has 0 unspecified atom stereocenters. The van der Waals surface area contributed by atoms with E-state index in [0.717, 1.165) is 5.56 Å². The molecule has 4 heteroatoms. The monoisotopic (exact) mass is 259 g/mol. The van der Waals surface area contributed by atoms with Gasteiger partial charge in [0.25, 0.3) is 0 Å². The fourth-order valence-corrected chi connectivity index (χ4v) is 1.87. The van der Waals surface area contributed by atoms with Crippen molar-refractivity contribution in [1.29, 1.82) is 0 Å². The zero-order valence-corrected chi connectivity index (χ0v) is 10.9. The second kappa shape index (κ2) is 6.12. The number of hydrogen-bond donors (Lipinski definition) is 1. The van der Waals surface area contributed by atoms with E-state index in [9.17, 15) is 4.79 Å². The first kappa shape index (κ1) is 13.3. The van der Waals surface area contributed by atoms with Crippen LogP contribution in [0.25, 0.3) is 0 Å². The van der Waals surface area contributed by atoms with Crippen molar-refractivity contribution in [2.45, 2.75) is 32.7 Å². The summed E-state index contributed by atoms with van der Waals surface area (Å²) in [6, 6.07) is 5.50. The highest BCUT2D eigenvalue weighted by atomic mass is 35.5. The van der Waals surface area contributed by atoms with E-state index in [4.69, 9.17) is 23.2 Å². The normalized spacial score (nSPS) is 10.6. The topological polar surface area (TPSA) is 29.1 Å². The molecule has 0 heterocycles. The van der Waals surface area contributed by atoms with Gasteiger partial charge in [0, 0.05) is 22.5 Å². The van der Waals surface area contributed by atoms with Crippen molar-refractivity contribution in [3.8, 4) is 0 Å². The fraction of sp³-hybridized carbons (Fsp3) is 0.417. The van der Waals surface area contributed by atoms with E-state index in [1.54, 1.807) is 12.1 Å². The lowest BCUT2D eigenvalue weighted by atomic mass is 10.1. The van der Waals surface area contributed by atoms with Gasteiger partial charge in [-0.15, -0.1) is 0 Å². The summed E-state index contributed by atoms with van der Waals surface area (Å²) >= 11 is 11.8. The molecular formula is C12H15Cl2NO. The first-order valence-corrected chi connectivity index (χ1v) is 5.98. The van der Waals surface area contributed by atoms with Crippen molar-refractivity contribution in [3.63, 3.8) is 0 Å². The van der Waals surface area contributed by atoms with Crippen LogP contribution in [0.1, 0.15) is 25.8 Å². The molecular weight excluding hydrogens is 245 g/mol. The lowest BCUT2D eigenvalue weighted by molar-refractivity contribution is -0.121. The van der Waals surface area contributed by atoms with Crippen molar-refractivity contribution in [2.24, 2.45) is 0 Å². The van der Waals surface area contributed by atoms with E-state index in [1.807, 2.05) is 19.9 Å². The number of aryl methyl sites for hydroxylation is 1. The average Bonchev–Trinajstić information content (AvgIpc) is 2.15. The number of benzene rings is 1. The first-order chi connectivity index (χ1) is 7.49. The molecule has 1 amide bonds. The Morgan fingerprint density at radius 3 is 2.62 bits per heavy atom. The number of carbonyl (C=O) groups excluding carboxylic acids is 1. The molecule has 0 aliphatic heterocycles. The van der Waals surface area contributed by atoms with Crippen LogP contribution in [0.5, 0.6) is 0 Å². The molecule has 0 aromatic heterocycles. The number of hydrogen-bond acceptors (Lipinski definition) is 1. The molecule has 1 aromatic carbocycles. The molecule has 0 bridgehead atoms. The minimum absolute atomic E-state index is 0.0426. The third-order valence-corrected chi connectivity index (χ3v) is 2.67. The van der Waals surface area contributed by atoms with Gasteiger partial charge >= 0.3 is 0 Å². The lowest BCUT2D eigenvalue weighted by Gasteiger charge is -2.08. The molecule has 0 aliphatic carbocycles. The molecule has 1 N–H and O–H groups in total. The number of rotatable bonds is 4. The van der Waals surface area contributed by atoms with Crippen molar-refractivity contribution in [2.75, 3.05) is 0 Å². The van der Waals surface area contributed by atoms with Crippen molar-refractivity contribution in [3.05, 3.63) is 33.8 Å². The predicted molar refractivity (Wildman–Crippen MR) is 68.1 cm³/mol. The van der Waals surface area contributed by atoms with Gasteiger partial charge in [0.15, 0.2) is 0 Å². The maximum atomic E-state index is 11.4. The third kappa shape index (κ3) is 4.42. The molecule has 0 fully saturated rings. The summed E-state index contributed by atoms with van der Waals surface area (Å²) in [5, 5.41) is 4.06. The summed E-state index contributed by atoms with van der Waals surface area (Å²) in [5.74, 6) is 0.0426. The van der Waals surface area contributed by atoms with Crippen LogP contribution in [-0.2, 0) is 11.2 Å². The standard InChI is InChI=1S/C12H15Cl2NO/c1-8(2)15-12(16)6-4-9-3-5-10(13)7-11(9)14/h3,5,7-8H,4,6H2,1-2H3,(H,15,16). The predicted octanol–water partition coefficient (Wildman–Crippen LogP) is 3.45. The largest absolute Gasteiger partial charge is 0.354 e. The van der Waals surface area contributed by atoms with Crippen molar-refractivity contribution in [1.82, 2.24) is 5.32 Å². The number of nitrogens with one attached hydrogen (secondary N) is 1. The Morgan fingerprint density at radius 1 is 1.38 bits per heavy atom. The molecule has 0 spiro atoms. The Balaban J connectivity index is 2.51. The third-order valence-electron chi connectivity index (χ3n) is 2.09. The average molecular weight is 260 g/mol. The molecule has 88 valence electrons. The van der Waals surface area contributed by atoms with E-state index in [0.29, 0.717) is 22.9 Å². The minimum Gasteiger partial charge on any atom is -0.354 e. The summed E-state index contributed by atoms with van der Waals surface area (Å²) in [6.07, 6.45) is 1.08. The highest BCUT2D eigenvalue weighted by Gasteiger charge is 2.06. The quantitative estimate of drug-likeness (QED) is 0.882. The Morgan fingerprint density at radius 2 is 2.06 bits per heavy atom. The fourth-order valence-electron chi connectivity index (χ4n) is 1.37. The maximum Gasteiger partial charge on any atom is 0.220 e. The summed E-state index contributed by atoms with van der Waals surface area (Å²) in [4.78, 5) is 11.4. The summed E-state index contributed by atoms with van der Waals surface area (Å²) in [7, 11) is 0. The van der Waals surface area contributed by atoms with Crippen LogP contribution >= 0.6 is 23.2 Å². The molecule has 0 radical (unpaired) electrons. The van der Waals surface area contributed by atoms with Crippen LogP contribution in [0, 0.1) is 0 Å². The maximum absolute atomic E-state index is 11.4. The van der Waals surface area contributed by atoms with E-state index >= 15 is 0 Å². The van der Waals surface area contributed by atoms with Crippen LogP contribution in [0.3, 0.4) is 0 Å². The Kier molecular flexibility index (Phi) is 5.10. The summed E-state index contributed by atoms with van der Waals surface area (Å²) in [5.41, 5.74) is 0.949. The highest BCUT2D eigenvalue weighted by molar-refractivity contribution is 6.35. The number of carbonyl (C=O) groups is 1. The van der Waals surface area contributed by atoms with Crippen LogP contribution < -0.4 is 5.32 Å². The molecule has 0 saturated heterocycles. The van der Waals surface area contributed by atoms with Gasteiger partial charge in [-0.2, -0.15) is 0 Å². The molecule has 1 rings (SSSR count). The molecule has 0 saturated carbocycles. The zero-order valence-electron chi connectivity index (χ0n) is 9.39. The van der Waals surface area contributed by atoms with E-state index in [-0.39, 0.29) is 11.9 Å². The number of amides is 1. The lowest BCUT2D eigenvalue weighted by Crippen LogP contribution is -2.30. The van der Waals surface area contributed by atoms with Gasteiger partial charge in [-0.25, -0.2) is 0 Å². The smallest absolute Gasteiger partial charge is 0.220 e. The first-order valence-electron chi connectivity index (χ1n) is 5.22. The van der Waals surface area contributed by atoms with Gasteiger partial charge in [0.05, 0.1) is 0 Å². The van der Waals surface area contributed by atoms with Crippen LogP contribution in [-0.4, -0.2) is 11.9 Å². The van der Waals surface area contributed by atoms with Crippen LogP contribution in [0.2, 0.25) is 10.0 Å². The van der Waals surface area contributed by atoms with Gasteiger partial charge < -0.3 is 5.32 Å². The van der Waals surface area contributed by atoms with Gasteiger partial charge in [-0.3, -0.25) is 4.79 Å². The summed E-state index contributed by atoms with van der Waals surface area (Å²) < 4.78 is 0. The number of halogens is 2. The van der Waals surface area contributed by atoms with Crippen LogP contribution in [0.4, 0.5) is 0 Å². The van der Waals surface area contributed by atoms with Crippen LogP contribution in [0.15, 0.2) is 18.2 Å². The minimum atomic E-state index is 0.0426. The van der Waals surface area contributed by atoms with Gasteiger partial charge in [0.2, 0.25) is 5.91 Å². The molecule has 16 heavy (non-hydrogen) atoms. The van der Waals surface area contributed by atoms with Gasteiger partial charge in [-0.05, 0) is 38.0 Å². The zero-order chi connectivity index (χ0) is 12.1. The van der Waals surface area contributed by atoms with E-state index in [1.165, 1.54) is 0 Å². The highest BCUT2D eigenvalue weighted by Crippen LogP contribution is 2.21. The SMILES string of the molecule is CC(C)NC(=O)CCc1ccc(Cl)cc1Cl. The Labute approximate surface area is 106 Å². The Bertz CT molecular complexity index is 377. The van der Waals surface area contributed by atoms with Crippen molar-refractivity contribution < 1.29 is 4.79 Å². The molecule has 1 aromatic rings. The van der Waals surface area contributed by atoms with Gasteiger partial charge in [-0.1, -0.05) is 29.3 Å². The van der Waals surface area contributed by atoms with E-state index < -0.39 is 0 Å². The Hall–Kier alpha value is -0.730. The van der Waals surface area contributed by atoms with E-state index in [2.05, 4.69) is 5.32 Å². The molecule has 0 aliphatic rings. The molecule has 2 nitrogen and oxygen atoms in total. The van der Waals surface area contributed by atoms with Gasteiger partial charge in [0.1, 0.15) is 0 Å². The second-order valence-electron chi connectivity index (χ2n) is 3.96. The molecule has 0 atom stereocenters. The van der Waals surface area contributed by atoms with Crippen molar-refractivity contribution >= 4 is 29.1 Å². The second-order valence-corrected chi connectivity index (χ2v) is 4.80. The summed E-state index contributed by atoms with van der Waals surface area (Å²) in [6.45, 7) is 3.88.